The molecule has 2 saturated heterocycles. The van der Waals surface area contributed by atoms with Crippen LogP contribution in [0, 0.1) is 12.3 Å². The maximum atomic E-state index is 14.2. The molecule has 2 aliphatic heterocycles. The van der Waals surface area contributed by atoms with Crippen molar-refractivity contribution in [3.63, 3.8) is 0 Å². The second kappa shape index (κ2) is 8.58. The molecule has 168 valence electrons. The summed E-state index contributed by atoms with van der Waals surface area (Å²) >= 11 is 0. The van der Waals surface area contributed by atoms with Crippen molar-refractivity contribution >= 4 is 5.91 Å². The lowest BCUT2D eigenvalue weighted by Crippen LogP contribution is -2.58. The van der Waals surface area contributed by atoms with Crippen molar-refractivity contribution in [1.29, 1.82) is 0 Å². The summed E-state index contributed by atoms with van der Waals surface area (Å²) in [6, 6.07) is 9.40. The molecular weight excluding hydrogens is 409 g/mol. The molecule has 1 aromatic heterocycles. The Labute approximate surface area is 179 Å². The molecule has 1 aromatic carbocycles. The van der Waals surface area contributed by atoms with Crippen molar-refractivity contribution in [2.45, 2.75) is 32.6 Å². The number of H-pyrrole nitrogens is 1. The molecule has 2 aromatic rings. The fourth-order valence-corrected chi connectivity index (χ4v) is 4.46. The number of aromatic nitrogens is 3. The van der Waals surface area contributed by atoms with Gasteiger partial charge in [0.2, 0.25) is 5.91 Å². The molecule has 31 heavy (non-hydrogen) atoms. The Morgan fingerprint density at radius 1 is 1.06 bits per heavy atom. The lowest BCUT2D eigenvalue weighted by atomic mass is 9.84. The number of benzene rings is 1. The van der Waals surface area contributed by atoms with E-state index in [1.54, 1.807) is 4.90 Å². The summed E-state index contributed by atoms with van der Waals surface area (Å²) in [4.78, 5) is 22.6. The number of rotatable bonds is 5. The van der Waals surface area contributed by atoms with Gasteiger partial charge in [-0.2, -0.15) is 18.3 Å². The predicted molar refractivity (Wildman–Crippen MR) is 108 cm³/mol. The van der Waals surface area contributed by atoms with Crippen molar-refractivity contribution in [2.24, 2.45) is 5.41 Å². The fraction of sp³-hybridized carbons (Fsp3) is 0.571. The summed E-state index contributed by atoms with van der Waals surface area (Å²) in [6.07, 6.45) is -4.78. The molecule has 0 bridgehead atoms. The molecular formula is C21H27F3N6O. The SMILES string of the molecule is Cc1nc(CN2CCN(C(=O)C3(C(F)(F)F)CCN(Cc4ccccc4)C3)CC2)n[nH]1. The third-order valence-corrected chi connectivity index (χ3v) is 6.22. The summed E-state index contributed by atoms with van der Waals surface area (Å²) < 4.78 is 42.6. The number of piperazine rings is 1. The van der Waals surface area contributed by atoms with E-state index >= 15 is 0 Å². The second-order valence-corrected chi connectivity index (χ2v) is 8.43. The molecule has 0 radical (unpaired) electrons. The molecule has 7 nitrogen and oxygen atoms in total. The van der Waals surface area contributed by atoms with Gasteiger partial charge in [-0.3, -0.25) is 19.7 Å². The number of carbonyl (C=O) groups is 1. The molecule has 2 aliphatic rings. The molecule has 1 unspecified atom stereocenters. The maximum absolute atomic E-state index is 14.2. The van der Waals surface area contributed by atoms with Crippen LogP contribution in [0.1, 0.15) is 23.6 Å². The predicted octanol–water partition coefficient (Wildman–Crippen LogP) is 2.21. The minimum Gasteiger partial charge on any atom is -0.339 e. The van der Waals surface area contributed by atoms with Gasteiger partial charge in [-0.05, 0) is 25.5 Å². The van der Waals surface area contributed by atoms with Gasteiger partial charge >= 0.3 is 6.18 Å². The molecule has 3 heterocycles. The van der Waals surface area contributed by atoms with Gasteiger partial charge in [0, 0.05) is 39.3 Å². The summed E-state index contributed by atoms with van der Waals surface area (Å²) in [5, 5.41) is 6.88. The molecule has 0 spiro atoms. The van der Waals surface area contributed by atoms with Gasteiger partial charge in [-0.1, -0.05) is 30.3 Å². The highest BCUT2D eigenvalue weighted by Crippen LogP contribution is 2.47. The van der Waals surface area contributed by atoms with Gasteiger partial charge in [-0.15, -0.1) is 0 Å². The van der Waals surface area contributed by atoms with Crippen LogP contribution in [-0.2, 0) is 17.9 Å². The number of nitrogens with zero attached hydrogens (tertiary/aromatic N) is 5. The number of nitrogens with one attached hydrogen (secondary N) is 1. The van der Waals surface area contributed by atoms with E-state index in [4.69, 9.17) is 0 Å². The lowest BCUT2D eigenvalue weighted by Gasteiger charge is -2.40. The Bertz CT molecular complexity index is 894. The van der Waals surface area contributed by atoms with Gasteiger partial charge in [0.1, 0.15) is 5.82 Å². The first kappa shape index (κ1) is 21.8. The standard InChI is InChI=1S/C21H27F3N6O/c1-16-25-18(27-26-16)14-28-9-11-30(12-10-28)19(31)20(21(22,23)24)7-8-29(15-20)13-17-5-3-2-4-6-17/h2-6H,7-15H2,1H3,(H,25,26,27). The number of hydrogen-bond acceptors (Lipinski definition) is 5. The van der Waals surface area contributed by atoms with Crippen LogP contribution in [-0.4, -0.2) is 81.2 Å². The lowest BCUT2D eigenvalue weighted by molar-refractivity contribution is -0.224. The fourth-order valence-electron chi connectivity index (χ4n) is 4.46. The molecule has 4 rings (SSSR count). The van der Waals surface area contributed by atoms with Crippen LogP contribution in [0.25, 0.3) is 0 Å². The second-order valence-electron chi connectivity index (χ2n) is 8.43. The molecule has 0 saturated carbocycles. The van der Waals surface area contributed by atoms with Crippen LogP contribution in [0.4, 0.5) is 13.2 Å². The summed E-state index contributed by atoms with van der Waals surface area (Å²) in [6.45, 7) is 4.26. The average Bonchev–Trinajstić information content (AvgIpc) is 3.35. The van der Waals surface area contributed by atoms with Gasteiger partial charge in [0.05, 0.1) is 6.54 Å². The maximum Gasteiger partial charge on any atom is 0.404 e. The smallest absolute Gasteiger partial charge is 0.339 e. The molecule has 2 fully saturated rings. The van der Waals surface area contributed by atoms with E-state index in [0.29, 0.717) is 32.0 Å². The van der Waals surface area contributed by atoms with Gasteiger partial charge in [0.15, 0.2) is 11.2 Å². The number of carbonyl (C=O) groups excluding carboxylic acids is 1. The highest BCUT2D eigenvalue weighted by molar-refractivity contribution is 5.84. The van der Waals surface area contributed by atoms with Crippen molar-refractivity contribution < 1.29 is 18.0 Å². The van der Waals surface area contributed by atoms with Crippen LogP contribution in [0.15, 0.2) is 30.3 Å². The Hall–Kier alpha value is -2.46. The van der Waals surface area contributed by atoms with Gasteiger partial charge in [0.25, 0.3) is 0 Å². The molecule has 1 N–H and O–H groups in total. The summed E-state index contributed by atoms with van der Waals surface area (Å²) in [7, 11) is 0. The quantitative estimate of drug-likeness (QED) is 0.779. The van der Waals surface area contributed by atoms with E-state index in [-0.39, 0.29) is 32.6 Å². The van der Waals surface area contributed by atoms with Gasteiger partial charge < -0.3 is 4.90 Å². The van der Waals surface area contributed by atoms with Crippen LogP contribution in [0.3, 0.4) is 0 Å². The summed E-state index contributed by atoms with van der Waals surface area (Å²) in [5.41, 5.74) is -1.38. The first-order valence-corrected chi connectivity index (χ1v) is 10.5. The largest absolute Gasteiger partial charge is 0.404 e. The van der Waals surface area contributed by atoms with Gasteiger partial charge in [-0.25, -0.2) is 4.98 Å². The van der Waals surface area contributed by atoms with Crippen LogP contribution in [0.2, 0.25) is 0 Å². The molecule has 0 aliphatic carbocycles. The van der Waals surface area contributed by atoms with Crippen LogP contribution < -0.4 is 0 Å². The van der Waals surface area contributed by atoms with Crippen molar-refractivity contribution in [1.82, 2.24) is 29.9 Å². The Morgan fingerprint density at radius 3 is 2.39 bits per heavy atom. The minimum absolute atomic E-state index is 0.196. The average molecular weight is 436 g/mol. The molecule has 10 heteroatoms. The summed E-state index contributed by atoms with van der Waals surface area (Å²) in [5.74, 6) is 0.581. The Balaban J connectivity index is 1.40. The van der Waals surface area contributed by atoms with Crippen molar-refractivity contribution in [3.8, 4) is 0 Å². The Kier molecular flexibility index (Phi) is 6.02. The van der Waals surface area contributed by atoms with E-state index < -0.39 is 17.5 Å². The van der Waals surface area contributed by atoms with Crippen LogP contribution >= 0.6 is 0 Å². The topological polar surface area (TPSA) is 68.4 Å². The van der Waals surface area contributed by atoms with E-state index in [1.807, 2.05) is 37.3 Å². The number of amides is 1. The van der Waals surface area contributed by atoms with Crippen molar-refractivity contribution in [3.05, 3.63) is 47.5 Å². The van der Waals surface area contributed by atoms with Crippen LogP contribution in [0.5, 0.6) is 0 Å². The minimum atomic E-state index is -4.58. The monoisotopic (exact) mass is 436 g/mol. The number of hydrogen-bond donors (Lipinski definition) is 1. The zero-order valence-corrected chi connectivity index (χ0v) is 17.5. The number of alkyl halides is 3. The third kappa shape index (κ3) is 4.59. The molecule has 1 amide bonds. The number of likely N-dealkylation sites (tertiary alicyclic amines) is 1. The van der Waals surface area contributed by atoms with E-state index in [2.05, 4.69) is 20.1 Å². The first-order chi connectivity index (χ1) is 14.8. The zero-order chi connectivity index (χ0) is 22.1. The first-order valence-electron chi connectivity index (χ1n) is 10.5. The van der Waals surface area contributed by atoms with Crippen molar-refractivity contribution in [2.75, 3.05) is 39.3 Å². The van der Waals surface area contributed by atoms with E-state index in [1.165, 1.54) is 4.90 Å². The number of halogens is 3. The van der Waals surface area contributed by atoms with E-state index in [0.717, 1.165) is 11.4 Å². The zero-order valence-electron chi connectivity index (χ0n) is 17.5. The number of aryl methyl sites for hydroxylation is 1. The highest BCUT2D eigenvalue weighted by atomic mass is 19.4. The normalized spacial score (nSPS) is 23.4. The number of aromatic amines is 1. The Morgan fingerprint density at radius 2 is 1.77 bits per heavy atom. The third-order valence-electron chi connectivity index (χ3n) is 6.22. The highest BCUT2D eigenvalue weighted by Gasteiger charge is 2.64. The molecule has 1 atom stereocenters. The van der Waals surface area contributed by atoms with E-state index in [9.17, 15) is 18.0 Å².